The lowest BCUT2D eigenvalue weighted by Gasteiger charge is -2.35. The van der Waals surface area contributed by atoms with E-state index in [2.05, 4.69) is 21.3 Å². The number of aliphatic imine (C=N–C) groups is 1. The van der Waals surface area contributed by atoms with Gasteiger partial charge in [0.25, 0.3) is 0 Å². The van der Waals surface area contributed by atoms with E-state index in [0.29, 0.717) is 26.3 Å². The van der Waals surface area contributed by atoms with Crippen LogP contribution < -0.4 is 10.1 Å². The number of benzene rings is 1. The van der Waals surface area contributed by atoms with Crippen LogP contribution >= 0.6 is 0 Å². The molecule has 1 N–H and O–H groups in total. The van der Waals surface area contributed by atoms with Gasteiger partial charge in [0.2, 0.25) is 0 Å². The van der Waals surface area contributed by atoms with E-state index in [-0.39, 0.29) is 6.09 Å². The van der Waals surface area contributed by atoms with Gasteiger partial charge in [-0.15, -0.1) is 0 Å². The second kappa shape index (κ2) is 10.5. The predicted molar refractivity (Wildman–Crippen MR) is 103 cm³/mol. The van der Waals surface area contributed by atoms with Gasteiger partial charge in [0.1, 0.15) is 5.75 Å². The van der Waals surface area contributed by atoms with Crippen molar-refractivity contribution in [1.82, 2.24) is 15.1 Å². The van der Waals surface area contributed by atoms with Crippen molar-refractivity contribution in [1.29, 1.82) is 0 Å². The summed E-state index contributed by atoms with van der Waals surface area (Å²) in [6.07, 6.45) is 0.625. The average molecular weight is 362 g/mol. The Morgan fingerprint density at radius 3 is 2.46 bits per heavy atom. The van der Waals surface area contributed by atoms with Crippen molar-refractivity contribution in [2.75, 3.05) is 53.0 Å². The third kappa shape index (κ3) is 5.54. The van der Waals surface area contributed by atoms with E-state index in [4.69, 9.17) is 9.47 Å². The first-order valence-electron chi connectivity index (χ1n) is 9.27. The molecule has 1 aromatic rings. The summed E-state index contributed by atoms with van der Waals surface area (Å²) in [4.78, 5) is 20.1. The minimum Gasteiger partial charge on any atom is -0.494 e. The van der Waals surface area contributed by atoms with E-state index in [9.17, 15) is 4.79 Å². The number of nitrogens with one attached hydrogen (secondary N) is 1. The first kappa shape index (κ1) is 19.9. The second-order valence-electron chi connectivity index (χ2n) is 5.94. The zero-order valence-corrected chi connectivity index (χ0v) is 16.0. The van der Waals surface area contributed by atoms with Crippen LogP contribution in [-0.4, -0.2) is 74.8 Å². The molecule has 0 spiro atoms. The fourth-order valence-electron chi connectivity index (χ4n) is 2.96. The molecule has 2 rings (SSSR count). The molecule has 26 heavy (non-hydrogen) atoms. The van der Waals surface area contributed by atoms with Crippen LogP contribution in [0.4, 0.5) is 4.79 Å². The molecule has 0 bridgehead atoms. The first-order valence-corrected chi connectivity index (χ1v) is 9.27. The molecule has 1 aromatic carbocycles. The van der Waals surface area contributed by atoms with Gasteiger partial charge in [0.15, 0.2) is 5.96 Å². The Kier molecular flexibility index (Phi) is 8.05. The number of piperazine rings is 1. The summed E-state index contributed by atoms with van der Waals surface area (Å²) in [5, 5.41) is 3.41. The molecule has 1 heterocycles. The summed E-state index contributed by atoms with van der Waals surface area (Å²) in [5.74, 6) is 1.80. The van der Waals surface area contributed by atoms with Crippen LogP contribution in [0.25, 0.3) is 0 Å². The Morgan fingerprint density at radius 2 is 1.81 bits per heavy atom. The van der Waals surface area contributed by atoms with Gasteiger partial charge in [0, 0.05) is 39.8 Å². The highest BCUT2D eigenvalue weighted by Gasteiger charge is 2.23. The molecule has 7 nitrogen and oxygen atoms in total. The number of carbonyl (C=O) groups excluding carboxylic acids is 1. The standard InChI is InChI=1S/C19H30N4O3/c1-4-25-17-9-7-6-8-16(17)10-11-21-18(20-3)22-12-14-23(15-13-22)19(24)26-5-2/h6-9H,4-5,10-15H2,1-3H3,(H,20,21). The lowest BCUT2D eigenvalue weighted by molar-refractivity contribution is 0.0915. The number of rotatable bonds is 6. The smallest absolute Gasteiger partial charge is 0.409 e. The Morgan fingerprint density at radius 1 is 1.12 bits per heavy atom. The zero-order chi connectivity index (χ0) is 18.8. The highest BCUT2D eigenvalue weighted by atomic mass is 16.6. The molecule has 0 aliphatic carbocycles. The molecule has 1 aliphatic heterocycles. The average Bonchev–Trinajstić information content (AvgIpc) is 2.67. The minimum atomic E-state index is -0.234. The number of ether oxygens (including phenoxy) is 2. The van der Waals surface area contributed by atoms with Crippen LogP contribution in [0.5, 0.6) is 5.75 Å². The molecule has 1 saturated heterocycles. The van der Waals surface area contributed by atoms with E-state index in [1.165, 1.54) is 5.56 Å². The van der Waals surface area contributed by atoms with E-state index in [1.807, 2.05) is 32.0 Å². The van der Waals surface area contributed by atoms with E-state index in [1.54, 1.807) is 11.9 Å². The van der Waals surface area contributed by atoms with Gasteiger partial charge in [-0.3, -0.25) is 4.99 Å². The van der Waals surface area contributed by atoms with Gasteiger partial charge in [-0.2, -0.15) is 0 Å². The molecular formula is C19H30N4O3. The van der Waals surface area contributed by atoms with Crippen LogP contribution in [0.2, 0.25) is 0 Å². The SMILES string of the molecule is CCOC(=O)N1CCN(C(=NC)NCCc2ccccc2OCC)CC1. The molecule has 0 atom stereocenters. The number of para-hydroxylation sites is 1. The van der Waals surface area contributed by atoms with Gasteiger partial charge in [-0.05, 0) is 31.9 Å². The van der Waals surface area contributed by atoms with E-state index < -0.39 is 0 Å². The lowest BCUT2D eigenvalue weighted by Crippen LogP contribution is -2.54. The molecule has 0 aromatic heterocycles. The summed E-state index contributed by atoms with van der Waals surface area (Å²) < 4.78 is 10.7. The van der Waals surface area contributed by atoms with Gasteiger partial charge < -0.3 is 24.6 Å². The number of hydrogen-bond acceptors (Lipinski definition) is 4. The molecule has 7 heteroatoms. The maximum Gasteiger partial charge on any atom is 0.409 e. The van der Waals surface area contributed by atoms with Gasteiger partial charge in [0.05, 0.1) is 13.2 Å². The Hall–Kier alpha value is -2.44. The topological polar surface area (TPSA) is 66.4 Å². The highest BCUT2D eigenvalue weighted by molar-refractivity contribution is 5.80. The number of amides is 1. The van der Waals surface area contributed by atoms with Crippen molar-refractivity contribution in [2.45, 2.75) is 20.3 Å². The van der Waals surface area contributed by atoms with Crippen molar-refractivity contribution in [3.05, 3.63) is 29.8 Å². The number of carbonyl (C=O) groups is 1. The Balaban J connectivity index is 1.81. The van der Waals surface area contributed by atoms with Crippen LogP contribution in [-0.2, 0) is 11.2 Å². The molecule has 0 unspecified atom stereocenters. The molecule has 1 fully saturated rings. The van der Waals surface area contributed by atoms with Gasteiger partial charge >= 0.3 is 6.09 Å². The van der Waals surface area contributed by atoms with Crippen molar-refractivity contribution < 1.29 is 14.3 Å². The summed E-state index contributed by atoms with van der Waals surface area (Å²) in [6, 6.07) is 8.11. The molecule has 1 amide bonds. The largest absolute Gasteiger partial charge is 0.494 e. The summed E-state index contributed by atoms with van der Waals surface area (Å²) in [7, 11) is 1.79. The van der Waals surface area contributed by atoms with E-state index in [0.717, 1.165) is 37.8 Å². The van der Waals surface area contributed by atoms with Gasteiger partial charge in [-0.25, -0.2) is 4.79 Å². The number of guanidine groups is 1. The minimum absolute atomic E-state index is 0.234. The first-order chi connectivity index (χ1) is 12.7. The maximum absolute atomic E-state index is 11.8. The second-order valence-corrected chi connectivity index (χ2v) is 5.94. The highest BCUT2D eigenvalue weighted by Crippen LogP contribution is 2.18. The quantitative estimate of drug-likeness (QED) is 0.619. The summed E-state index contributed by atoms with van der Waals surface area (Å²) in [5.41, 5.74) is 1.18. The Labute approximate surface area is 156 Å². The number of nitrogens with zero attached hydrogens (tertiary/aromatic N) is 3. The molecular weight excluding hydrogens is 332 g/mol. The molecule has 144 valence electrons. The molecule has 1 aliphatic rings. The van der Waals surface area contributed by atoms with Crippen molar-refractivity contribution in [3.8, 4) is 5.75 Å². The van der Waals surface area contributed by atoms with Crippen molar-refractivity contribution >= 4 is 12.1 Å². The third-order valence-corrected chi connectivity index (χ3v) is 4.27. The fraction of sp³-hybridized carbons (Fsp3) is 0.579. The molecule has 0 radical (unpaired) electrons. The predicted octanol–water partition coefficient (Wildman–Crippen LogP) is 1.98. The molecule has 0 saturated carbocycles. The van der Waals surface area contributed by atoms with Crippen molar-refractivity contribution in [3.63, 3.8) is 0 Å². The van der Waals surface area contributed by atoms with Crippen LogP contribution in [0.15, 0.2) is 29.3 Å². The van der Waals surface area contributed by atoms with Crippen LogP contribution in [0.1, 0.15) is 19.4 Å². The van der Waals surface area contributed by atoms with Crippen molar-refractivity contribution in [2.24, 2.45) is 4.99 Å². The monoisotopic (exact) mass is 362 g/mol. The fourth-order valence-corrected chi connectivity index (χ4v) is 2.96. The summed E-state index contributed by atoms with van der Waals surface area (Å²) in [6.45, 7) is 8.44. The van der Waals surface area contributed by atoms with Crippen LogP contribution in [0.3, 0.4) is 0 Å². The zero-order valence-electron chi connectivity index (χ0n) is 16.0. The number of hydrogen-bond donors (Lipinski definition) is 1. The normalized spacial score (nSPS) is 15.0. The lowest BCUT2D eigenvalue weighted by atomic mass is 10.1. The van der Waals surface area contributed by atoms with Gasteiger partial charge in [-0.1, -0.05) is 18.2 Å². The van der Waals surface area contributed by atoms with E-state index >= 15 is 0 Å². The maximum atomic E-state index is 11.8. The summed E-state index contributed by atoms with van der Waals surface area (Å²) >= 11 is 0. The third-order valence-electron chi connectivity index (χ3n) is 4.27. The van der Waals surface area contributed by atoms with Crippen LogP contribution in [0, 0.1) is 0 Å². The Bertz CT molecular complexity index is 598.